The molecule has 1 aliphatic rings. The second-order valence-electron chi connectivity index (χ2n) is 6.27. The molecule has 5 heteroatoms. The topological polar surface area (TPSA) is 42.4 Å². The molecule has 0 aliphatic carbocycles. The molecular formula is C20H23ClN2O2. The van der Waals surface area contributed by atoms with Gasteiger partial charge in [-0.15, -0.1) is 0 Å². The molecule has 3 rings (SSSR count). The first-order chi connectivity index (χ1) is 12.2. The average molecular weight is 359 g/mol. The average Bonchev–Trinajstić information content (AvgIpc) is 2.67. The minimum Gasteiger partial charge on any atom is -0.376 e. The van der Waals surface area contributed by atoms with Crippen LogP contribution in [0.25, 0.3) is 11.3 Å². The molecule has 1 amide bonds. The van der Waals surface area contributed by atoms with Gasteiger partial charge in [0.2, 0.25) is 0 Å². The molecule has 1 atom stereocenters. The minimum atomic E-state index is 0.0347. The number of carbonyl (C=O) groups is 1. The summed E-state index contributed by atoms with van der Waals surface area (Å²) in [5, 5.41) is 0.598. The molecule has 0 spiro atoms. The summed E-state index contributed by atoms with van der Waals surface area (Å²) < 4.78 is 5.78. The van der Waals surface area contributed by atoms with Gasteiger partial charge in [0, 0.05) is 37.0 Å². The van der Waals surface area contributed by atoms with Gasteiger partial charge in [0.1, 0.15) is 0 Å². The Morgan fingerprint density at radius 1 is 1.32 bits per heavy atom. The van der Waals surface area contributed by atoms with Gasteiger partial charge < -0.3 is 9.64 Å². The van der Waals surface area contributed by atoms with Crippen LogP contribution in [0.2, 0.25) is 5.02 Å². The number of nitrogens with zero attached hydrogens (tertiary/aromatic N) is 2. The second-order valence-corrected chi connectivity index (χ2v) is 6.71. The van der Waals surface area contributed by atoms with Crippen molar-refractivity contribution in [2.24, 2.45) is 0 Å². The van der Waals surface area contributed by atoms with E-state index < -0.39 is 0 Å². The number of rotatable bonds is 5. The molecule has 2 aromatic rings. The maximum Gasteiger partial charge on any atom is 0.253 e. The van der Waals surface area contributed by atoms with Crippen LogP contribution in [0.3, 0.4) is 0 Å². The van der Waals surface area contributed by atoms with Crippen LogP contribution < -0.4 is 0 Å². The SMILES string of the molecule is CCN(CC1CCCCO1)C(=O)c1cccc(-c2ccc(Cl)cn2)c1. The highest BCUT2D eigenvalue weighted by molar-refractivity contribution is 6.30. The van der Waals surface area contributed by atoms with E-state index in [1.54, 1.807) is 12.3 Å². The number of pyridine rings is 1. The van der Waals surface area contributed by atoms with Gasteiger partial charge in [-0.3, -0.25) is 9.78 Å². The molecule has 4 nitrogen and oxygen atoms in total. The molecule has 0 radical (unpaired) electrons. The Balaban J connectivity index is 1.76. The van der Waals surface area contributed by atoms with Crippen molar-refractivity contribution >= 4 is 17.5 Å². The van der Waals surface area contributed by atoms with Crippen molar-refractivity contribution in [1.29, 1.82) is 0 Å². The summed E-state index contributed by atoms with van der Waals surface area (Å²) in [5.74, 6) is 0.0347. The third-order valence-corrected chi connectivity index (χ3v) is 4.72. The smallest absolute Gasteiger partial charge is 0.253 e. The zero-order valence-electron chi connectivity index (χ0n) is 14.5. The first-order valence-electron chi connectivity index (χ1n) is 8.80. The molecule has 1 aromatic heterocycles. The normalized spacial score (nSPS) is 17.3. The fraction of sp³-hybridized carbons (Fsp3) is 0.400. The third kappa shape index (κ3) is 4.59. The monoisotopic (exact) mass is 358 g/mol. The molecule has 1 aromatic carbocycles. The van der Waals surface area contributed by atoms with Crippen molar-refractivity contribution in [2.45, 2.75) is 32.3 Å². The van der Waals surface area contributed by atoms with Crippen LogP contribution in [0.1, 0.15) is 36.5 Å². The number of hydrogen-bond acceptors (Lipinski definition) is 3. The van der Waals surface area contributed by atoms with Crippen LogP contribution >= 0.6 is 11.6 Å². The van der Waals surface area contributed by atoms with Gasteiger partial charge in [0.05, 0.1) is 16.8 Å². The molecule has 1 aliphatic heterocycles. The maximum atomic E-state index is 12.9. The molecule has 1 unspecified atom stereocenters. The second kappa shape index (κ2) is 8.45. The van der Waals surface area contributed by atoms with Crippen LogP contribution in [0, 0.1) is 0 Å². The van der Waals surface area contributed by atoms with E-state index in [2.05, 4.69) is 4.98 Å². The maximum absolute atomic E-state index is 12.9. The van der Waals surface area contributed by atoms with Crippen molar-refractivity contribution in [2.75, 3.05) is 19.7 Å². The molecule has 0 bridgehead atoms. The summed E-state index contributed by atoms with van der Waals surface area (Å²) in [7, 11) is 0. The fourth-order valence-corrected chi connectivity index (χ4v) is 3.21. The van der Waals surface area contributed by atoms with Gasteiger partial charge in [-0.05, 0) is 50.5 Å². The number of hydrogen-bond donors (Lipinski definition) is 0. The number of halogens is 1. The molecule has 0 saturated carbocycles. The van der Waals surface area contributed by atoms with Crippen molar-refractivity contribution in [3.8, 4) is 11.3 Å². The Morgan fingerprint density at radius 2 is 2.20 bits per heavy atom. The van der Waals surface area contributed by atoms with E-state index in [0.717, 1.165) is 30.7 Å². The van der Waals surface area contributed by atoms with Crippen LogP contribution in [0.5, 0.6) is 0 Å². The number of amides is 1. The fourth-order valence-electron chi connectivity index (χ4n) is 3.09. The van der Waals surface area contributed by atoms with E-state index in [1.165, 1.54) is 6.42 Å². The van der Waals surface area contributed by atoms with Crippen molar-refractivity contribution in [3.63, 3.8) is 0 Å². The summed E-state index contributed by atoms with van der Waals surface area (Å²) in [6, 6.07) is 11.3. The highest BCUT2D eigenvalue weighted by Gasteiger charge is 2.21. The standard InChI is InChI=1S/C20H23ClN2O2/c1-2-23(14-18-8-3-4-11-25-18)20(24)16-7-5-6-15(12-16)19-10-9-17(21)13-22-19/h5-7,9-10,12-13,18H,2-4,8,11,14H2,1H3. The van der Waals surface area contributed by atoms with E-state index in [-0.39, 0.29) is 12.0 Å². The van der Waals surface area contributed by atoms with Crippen molar-refractivity contribution in [1.82, 2.24) is 9.88 Å². The van der Waals surface area contributed by atoms with Gasteiger partial charge in [-0.25, -0.2) is 0 Å². The number of likely N-dealkylation sites (N-methyl/N-ethyl adjacent to an activating group) is 1. The molecular weight excluding hydrogens is 336 g/mol. The highest BCUT2D eigenvalue weighted by Crippen LogP contribution is 2.21. The van der Waals surface area contributed by atoms with Gasteiger partial charge in [0.15, 0.2) is 0 Å². The number of aromatic nitrogens is 1. The lowest BCUT2D eigenvalue weighted by Gasteiger charge is -2.29. The number of ether oxygens (including phenoxy) is 1. The summed E-state index contributed by atoms with van der Waals surface area (Å²) >= 11 is 5.90. The summed E-state index contributed by atoms with van der Waals surface area (Å²) in [4.78, 5) is 19.1. The predicted octanol–water partition coefficient (Wildman–Crippen LogP) is 4.43. The highest BCUT2D eigenvalue weighted by atomic mass is 35.5. The zero-order valence-corrected chi connectivity index (χ0v) is 15.2. The van der Waals surface area contributed by atoms with Gasteiger partial charge >= 0.3 is 0 Å². The van der Waals surface area contributed by atoms with E-state index in [9.17, 15) is 4.79 Å². The lowest BCUT2D eigenvalue weighted by molar-refractivity contribution is -0.00311. The third-order valence-electron chi connectivity index (χ3n) is 4.50. The molecule has 25 heavy (non-hydrogen) atoms. The largest absolute Gasteiger partial charge is 0.376 e. The lowest BCUT2D eigenvalue weighted by Crippen LogP contribution is -2.39. The van der Waals surface area contributed by atoms with E-state index in [0.29, 0.717) is 23.7 Å². The van der Waals surface area contributed by atoms with Crippen LogP contribution in [-0.4, -0.2) is 41.6 Å². The number of carbonyl (C=O) groups excluding carboxylic acids is 1. The van der Waals surface area contributed by atoms with Crippen molar-refractivity contribution in [3.05, 3.63) is 53.2 Å². The van der Waals surface area contributed by atoms with Crippen LogP contribution in [0.15, 0.2) is 42.6 Å². The van der Waals surface area contributed by atoms with Gasteiger partial charge in [0.25, 0.3) is 5.91 Å². The molecule has 2 heterocycles. The van der Waals surface area contributed by atoms with Crippen LogP contribution in [-0.2, 0) is 4.74 Å². The van der Waals surface area contributed by atoms with E-state index in [1.807, 2.05) is 42.2 Å². The zero-order chi connectivity index (χ0) is 17.6. The Kier molecular flexibility index (Phi) is 6.05. The number of benzene rings is 1. The van der Waals surface area contributed by atoms with Crippen LogP contribution in [0.4, 0.5) is 0 Å². The summed E-state index contributed by atoms with van der Waals surface area (Å²) in [6.07, 6.45) is 5.09. The molecule has 1 saturated heterocycles. The van der Waals surface area contributed by atoms with E-state index >= 15 is 0 Å². The first-order valence-corrected chi connectivity index (χ1v) is 9.18. The lowest BCUT2D eigenvalue weighted by atomic mass is 10.1. The van der Waals surface area contributed by atoms with Crippen molar-refractivity contribution < 1.29 is 9.53 Å². The molecule has 0 N–H and O–H groups in total. The summed E-state index contributed by atoms with van der Waals surface area (Å²) in [5.41, 5.74) is 2.39. The minimum absolute atomic E-state index is 0.0347. The molecule has 1 fully saturated rings. The quantitative estimate of drug-likeness (QED) is 0.793. The van der Waals surface area contributed by atoms with Gasteiger partial charge in [-0.1, -0.05) is 23.7 Å². The Morgan fingerprint density at radius 3 is 2.88 bits per heavy atom. The summed E-state index contributed by atoms with van der Waals surface area (Å²) in [6.45, 7) is 4.13. The Bertz CT molecular complexity index is 712. The predicted molar refractivity (Wildman–Crippen MR) is 99.9 cm³/mol. The Hall–Kier alpha value is -1.91. The Labute approximate surface area is 153 Å². The first kappa shape index (κ1) is 17.9. The van der Waals surface area contributed by atoms with Gasteiger partial charge in [-0.2, -0.15) is 0 Å². The van der Waals surface area contributed by atoms with E-state index in [4.69, 9.17) is 16.3 Å². The molecule has 132 valence electrons.